The highest BCUT2D eigenvalue weighted by Crippen LogP contribution is 2.56. The van der Waals surface area contributed by atoms with Crippen LogP contribution in [-0.4, -0.2) is 42.5 Å². The Morgan fingerprint density at radius 1 is 0.545 bits per heavy atom. The molecule has 0 atom stereocenters. The number of fused-ring (bicyclic) bond motifs is 6. The number of hydrogen-bond donors (Lipinski definition) is 0. The Bertz CT molecular complexity index is 2650. The quantitative estimate of drug-likeness (QED) is 0.0913. The van der Waals surface area contributed by atoms with Gasteiger partial charge in [0.15, 0.2) is 25.3 Å². The summed E-state index contributed by atoms with van der Waals surface area (Å²) in [7, 11) is -9.06. The van der Waals surface area contributed by atoms with E-state index in [-0.39, 0.29) is 39.3 Å². The van der Waals surface area contributed by atoms with Crippen LogP contribution in [0, 0.1) is 40.5 Å². The van der Waals surface area contributed by atoms with E-state index < -0.39 is 95.0 Å². The Balaban J connectivity index is 1.32. The van der Waals surface area contributed by atoms with Crippen LogP contribution in [0.15, 0.2) is 107 Å². The van der Waals surface area contributed by atoms with E-state index in [4.69, 9.17) is 9.47 Å². The number of ether oxygens (including phenoxy) is 2. The van der Waals surface area contributed by atoms with Crippen molar-refractivity contribution in [2.45, 2.75) is 26.9 Å². The minimum atomic E-state index is -4.53. The summed E-state index contributed by atoms with van der Waals surface area (Å²) >= 11 is 0. The third-order valence-corrected chi connectivity index (χ3v) is 12.4. The highest BCUT2D eigenvalue weighted by atomic mass is 32.2. The fourth-order valence-electron chi connectivity index (χ4n) is 6.59. The third kappa shape index (κ3) is 6.05. The van der Waals surface area contributed by atoms with Crippen molar-refractivity contribution in [3.05, 3.63) is 171 Å². The van der Waals surface area contributed by atoms with Crippen LogP contribution in [0.3, 0.4) is 0 Å². The molecule has 0 radical (unpaired) electrons. The zero-order valence-electron chi connectivity index (χ0n) is 27.4. The summed E-state index contributed by atoms with van der Waals surface area (Å²) in [6.07, 6.45) is 0. The van der Waals surface area contributed by atoms with E-state index in [1.807, 2.05) is 0 Å². The maximum Gasteiger partial charge on any atom is 0.340 e. The number of nitrogens with zero attached hydrogens (tertiary/aromatic N) is 4. The minimum Gasteiger partial charge on any atom is -0.456 e. The normalized spacial score (nSPS) is 13.9. The summed E-state index contributed by atoms with van der Waals surface area (Å²) in [4.78, 5) is 53.6. The summed E-state index contributed by atoms with van der Waals surface area (Å²) in [5.74, 6) is -2.50. The zero-order chi connectivity index (χ0) is 39.6. The summed E-state index contributed by atoms with van der Waals surface area (Å²) in [6.45, 7) is 0. The summed E-state index contributed by atoms with van der Waals surface area (Å²) < 4.78 is 66.4. The second kappa shape index (κ2) is 12.8. The van der Waals surface area contributed by atoms with E-state index in [9.17, 15) is 62.1 Å². The van der Waals surface area contributed by atoms with E-state index in [0.717, 1.165) is 24.3 Å². The van der Waals surface area contributed by atoms with E-state index >= 15 is 0 Å². The van der Waals surface area contributed by atoms with Gasteiger partial charge >= 0.3 is 5.97 Å². The SMILES string of the molecule is O=C1OC2(c3ccc(CS(=O)(=O)c4ccc([N+](=O)[O-])cc4[N+](=O)[O-])cc3Oc3cc(CS(=O)(=O)c4ccc([N+](=O)[O-])cc4[N+](=O)[O-])ccc32)c2ccccc21. The molecule has 5 aromatic carbocycles. The smallest absolute Gasteiger partial charge is 0.340 e. The largest absolute Gasteiger partial charge is 0.456 e. The molecule has 2 aliphatic rings. The fraction of sp³-hybridized carbons (Fsp3) is 0.0882. The van der Waals surface area contributed by atoms with Gasteiger partial charge in [0.1, 0.15) is 21.3 Å². The van der Waals surface area contributed by atoms with Crippen molar-refractivity contribution in [1.29, 1.82) is 0 Å². The van der Waals surface area contributed by atoms with Crippen molar-refractivity contribution < 1.29 is 50.8 Å². The number of non-ortho nitro benzene ring substituents is 2. The first-order valence-electron chi connectivity index (χ1n) is 15.5. The molecule has 0 fully saturated rings. The van der Waals surface area contributed by atoms with Crippen LogP contribution in [0.2, 0.25) is 0 Å². The molecule has 1 spiro atoms. The van der Waals surface area contributed by atoms with E-state index in [2.05, 4.69) is 0 Å². The summed E-state index contributed by atoms with van der Waals surface area (Å²) in [5.41, 5.74) is -3.99. The Hall–Kier alpha value is -7.13. The minimum absolute atomic E-state index is 0.0341. The number of sulfone groups is 2. The fourth-order valence-corrected chi connectivity index (χ4v) is 9.59. The van der Waals surface area contributed by atoms with Gasteiger partial charge in [-0.1, -0.05) is 42.5 Å². The van der Waals surface area contributed by atoms with Crippen LogP contribution in [0.1, 0.15) is 38.2 Å². The van der Waals surface area contributed by atoms with Crippen LogP contribution < -0.4 is 4.74 Å². The lowest BCUT2D eigenvalue weighted by Gasteiger charge is -2.37. The first-order valence-corrected chi connectivity index (χ1v) is 18.8. The lowest BCUT2D eigenvalue weighted by molar-refractivity contribution is -0.396. The van der Waals surface area contributed by atoms with Gasteiger partial charge in [0.25, 0.3) is 22.7 Å². The second-order valence-corrected chi connectivity index (χ2v) is 16.1. The Morgan fingerprint density at radius 2 is 1.00 bits per heavy atom. The molecule has 21 heteroatoms. The number of esters is 1. The van der Waals surface area contributed by atoms with Gasteiger partial charge in [0.05, 0.1) is 48.9 Å². The predicted molar refractivity (Wildman–Crippen MR) is 186 cm³/mol. The number of nitro benzene ring substituents is 4. The third-order valence-electron chi connectivity index (χ3n) is 8.93. The molecule has 5 aromatic rings. The first-order chi connectivity index (χ1) is 25.9. The van der Waals surface area contributed by atoms with Gasteiger partial charge in [-0.2, -0.15) is 0 Å². The van der Waals surface area contributed by atoms with Crippen LogP contribution in [-0.2, 0) is 41.5 Å². The Kier molecular flexibility index (Phi) is 8.42. The van der Waals surface area contributed by atoms with Crippen molar-refractivity contribution in [3.8, 4) is 11.5 Å². The topological polar surface area (TPSA) is 276 Å². The maximum atomic E-state index is 13.5. The number of rotatable bonds is 10. The number of hydrogen-bond acceptors (Lipinski definition) is 15. The predicted octanol–water partition coefficient (Wildman–Crippen LogP) is 5.84. The molecule has 0 amide bonds. The lowest BCUT2D eigenvalue weighted by atomic mass is 9.77. The summed E-state index contributed by atoms with van der Waals surface area (Å²) in [5, 5.41) is 45.8. The molecule has 55 heavy (non-hydrogen) atoms. The van der Waals surface area contributed by atoms with Crippen LogP contribution in [0.25, 0.3) is 0 Å². The molecule has 2 aliphatic heterocycles. The molecule has 278 valence electrons. The molecule has 0 unspecified atom stereocenters. The van der Waals surface area contributed by atoms with Gasteiger partial charge in [0, 0.05) is 28.8 Å². The van der Waals surface area contributed by atoms with Crippen LogP contribution >= 0.6 is 0 Å². The molecular weight excluding hydrogens is 769 g/mol. The number of benzene rings is 5. The van der Waals surface area contributed by atoms with Gasteiger partial charge in [-0.3, -0.25) is 40.5 Å². The molecule has 7 rings (SSSR count). The molecule has 0 aromatic heterocycles. The van der Waals surface area contributed by atoms with Gasteiger partial charge in [-0.05, 0) is 41.5 Å². The van der Waals surface area contributed by atoms with Crippen molar-refractivity contribution in [2.75, 3.05) is 0 Å². The maximum absolute atomic E-state index is 13.5. The Morgan fingerprint density at radius 3 is 1.44 bits per heavy atom. The zero-order valence-corrected chi connectivity index (χ0v) is 29.0. The monoisotopic (exact) mass is 788 g/mol. The molecule has 0 aliphatic carbocycles. The average Bonchev–Trinajstić information content (AvgIpc) is 3.42. The van der Waals surface area contributed by atoms with E-state index in [1.54, 1.807) is 18.2 Å². The molecule has 0 N–H and O–H groups in total. The lowest BCUT2D eigenvalue weighted by Crippen LogP contribution is -2.33. The number of nitro groups is 4. The molecule has 19 nitrogen and oxygen atoms in total. The standard InChI is InChI=1S/C34H20N4O15S2/c39-33-23-3-1-2-4-24(23)34(53-33)25-9-5-19(17-54(48,49)31-11-7-21(35(40)41)15-27(31)37(44)45)13-29(25)52-30-14-20(6-10-26(30)34)18-55(50,51)32-12-8-22(36(42)43)16-28(32)38(46)47/h1-16H,17-18H2. The van der Waals surface area contributed by atoms with Crippen molar-refractivity contribution in [2.24, 2.45) is 0 Å². The van der Waals surface area contributed by atoms with Crippen LogP contribution in [0.4, 0.5) is 22.7 Å². The molecule has 2 heterocycles. The highest BCUT2D eigenvalue weighted by Gasteiger charge is 2.53. The second-order valence-electron chi connectivity index (χ2n) is 12.2. The van der Waals surface area contributed by atoms with Gasteiger partial charge in [-0.25, -0.2) is 21.6 Å². The Labute approximate surface area is 307 Å². The first kappa shape index (κ1) is 36.2. The van der Waals surface area contributed by atoms with Crippen LogP contribution in [0.5, 0.6) is 11.5 Å². The van der Waals surface area contributed by atoms with E-state index in [0.29, 0.717) is 17.7 Å². The molecule has 0 saturated heterocycles. The van der Waals surface area contributed by atoms with Crippen molar-refractivity contribution in [3.63, 3.8) is 0 Å². The molecule has 0 saturated carbocycles. The van der Waals surface area contributed by atoms with Gasteiger partial charge < -0.3 is 9.47 Å². The van der Waals surface area contributed by atoms with Crippen molar-refractivity contribution >= 4 is 48.4 Å². The summed E-state index contributed by atoms with van der Waals surface area (Å²) in [6, 6.07) is 18.8. The van der Waals surface area contributed by atoms with E-state index in [1.165, 1.54) is 42.5 Å². The molecule has 0 bridgehead atoms. The van der Waals surface area contributed by atoms with Crippen molar-refractivity contribution in [1.82, 2.24) is 0 Å². The number of carbonyl (C=O) groups is 1. The number of carbonyl (C=O) groups excluding carboxylic acids is 1. The van der Waals surface area contributed by atoms with Gasteiger partial charge in [-0.15, -0.1) is 0 Å². The highest BCUT2D eigenvalue weighted by molar-refractivity contribution is 7.91. The van der Waals surface area contributed by atoms with Gasteiger partial charge in [0.2, 0.25) is 0 Å². The molecular formula is C34H20N4O15S2. The average molecular weight is 789 g/mol.